The normalized spacial score (nSPS) is 10.5. The summed E-state index contributed by atoms with van der Waals surface area (Å²) in [4.78, 5) is 24.0. The maximum Gasteiger partial charge on any atom is 0.328 e. The molecular weight excluding hydrogens is 251 g/mol. The van der Waals surface area contributed by atoms with E-state index in [9.17, 15) is 14.0 Å². The highest BCUT2D eigenvalue weighted by Crippen LogP contribution is 2.13. The summed E-state index contributed by atoms with van der Waals surface area (Å²) in [6.07, 6.45) is 0.818. The highest BCUT2D eigenvalue weighted by atomic mass is 32.1. The minimum absolute atomic E-state index is 0.00583. The van der Waals surface area contributed by atoms with E-state index in [-0.39, 0.29) is 6.54 Å². The monoisotopic (exact) mass is 258 g/mol. The first-order chi connectivity index (χ1) is 8.10. The Labute approximate surface area is 96.9 Å². The molecule has 0 saturated carbocycles. The van der Waals surface area contributed by atoms with Gasteiger partial charge in [-0.2, -0.15) is 4.39 Å². The molecule has 90 valence electrons. The number of nitrogen functional groups attached to an aromatic ring is 1. The Morgan fingerprint density at radius 2 is 2.29 bits per heavy atom. The molecule has 0 radical (unpaired) electrons. The van der Waals surface area contributed by atoms with E-state index >= 15 is 0 Å². The first kappa shape index (κ1) is 11.4. The lowest BCUT2D eigenvalue weighted by Gasteiger charge is -2.00. The molecule has 0 unspecified atom stereocenters. The third kappa shape index (κ3) is 2.37. The van der Waals surface area contributed by atoms with E-state index in [0.717, 1.165) is 22.1 Å². The fraction of sp³-hybridized carbons (Fsp3) is 0.143. The number of nitrogens with zero attached hydrogens (tertiary/aromatic N) is 3. The molecule has 8 nitrogen and oxygen atoms in total. The summed E-state index contributed by atoms with van der Waals surface area (Å²) >= 11 is 1.11. The van der Waals surface area contributed by atoms with Gasteiger partial charge in [-0.05, 0) is 0 Å². The smallest absolute Gasteiger partial charge is 0.298 e. The lowest BCUT2D eigenvalue weighted by atomic mass is 10.5. The molecule has 4 N–H and O–H groups in total. The molecule has 0 aliphatic carbocycles. The van der Waals surface area contributed by atoms with Gasteiger partial charge in [0, 0.05) is 0 Å². The number of nitrogens with one attached hydrogen (secondary N) is 2. The van der Waals surface area contributed by atoms with Gasteiger partial charge in [-0.15, -0.1) is 10.2 Å². The second-order valence-electron chi connectivity index (χ2n) is 3.01. The highest BCUT2D eigenvalue weighted by Gasteiger charge is 2.07. The van der Waals surface area contributed by atoms with Gasteiger partial charge in [0.1, 0.15) is 5.01 Å². The van der Waals surface area contributed by atoms with Crippen molar-refractivity contribution in [3.05, 3.63) is 37.9 Å². The molecular formula is C7H7FN6O2S. The van der Waals surface area contributed by atoms with Crippen molar-refractivity contribution in [1.82, 2.24) is 19.7 Å². The molecule has 0 atom stereocenters. The second kappa shape index (κ2) is 4.43. The van der Waals surface area contributed by atoms with Crippen molar-refractivity contribution >= 4 is 16.5 Å². The third-order valence-corrected chi connectivity index (χ3v) is 2.70. The minimum atomic E-state index is -1.05. The van der Waals surface area contributed by atoms with Crippen LogP contribution >= 0.6 is 11.3 Å². The Balaban J connectivity index is 2.33. The molecule has 0 aliphatic heterocycles. The zero-order chi connectivity index (χ0) is 12.4. The fourth-order valence-electron chi connectivity index (χ4n) is 1.12. The minimum Gasteiger partial charge on any atom is -0.298 e. The predicted octanol–water partition coefficient (Wildman–Crippen LogP) is -1.14. The number of hydrazine groups is 1. The summed E-state index contributed by atoms with van der Waals surface area (Å²) in [6, 6.07) is 0. The molecule has 0 amide bonds. The zero-order valence-corrected chi connectivity index (χ0v) is 9.12. The van der Waals surface area contributed by atoms with Gasteiger partial charge >= 0.3 is 5.69 Å². The molecule has 2 aromatic heterocycles. The average molecular weight is 258 g/mol. The van der Waals surface area contributed by atoms with Crippen molar-refractivity contribution in [1.29, 1.82) is 0 Å². The van der Waals surface area contributed by atoms with Gasteiger partial charge in [0.25, 0.3) is 5.56 Å². The predicted molar refractivity (Wildman–Crippen MR) is 58.1 cm³/mol. The van der Waals surface area contributed by atoms with Crippen molar-refractivity contribution in [2.24, 2.45) is 5.84 Å². The van der Waals surface area contributed by atoms with E-state index in [2.05, 4.69) is 15.6 Å². The molecule has 17 heavy (non-hydrogen) atoms. The third-order valence-electron chi connectivity index (χ3n) is 1.86. The molecule has 0 bridgehead atoms. The van der Waals surface area contributed by atoms with Gasteiger partial charge in [0.15, 0.2) is 0 Å². The second-order valence-corrected chi connectivity index (χ2v) is 4.07. The van der Waals surface area contributed by atoms with E-state index in [0.29, 0.717) is 10.1 Å². The molecule has 2 rings (SSSR count). The van der Waals surface area contributed by atoms with E-state index in [1.165, 1.54) is 0 Å². The van der Waals surface area contributed by atoms with Crippen LogP contribution in [0.1, 0.15) is 5.01 Å². The van der Waals surface area contributed by atoms with Crippen molar-refractivity contribution < 1.29 is 4.39 Å². The van der Waals surface area contributed by atoms with Crippen LogP contribution in [0.3, 0.4) is 0 Å². The summed E-state index contributed by atoms with van der Waals surface area (Å²) in [6.45, 7) is 0.00583. The first-order valence-electron chi connectivity index (χ1n) is 4.38. The van der Waals surface area contributed by atoms with Crippen LogP contribution in [0.2, 0.25) is 0 Å². The largest absolute Gasteiger partial charge is 0.328 e. The molecule has 0 saturated heterocycles. The first-order valence-corrected chi connectivity index (χ1v) is 5.20. The SMILES string of the molecule is NNc1nnc(Cn2cc(F)c(=O)[nH]c2=O)s1. The van der Waals surface area contributed by atoms with Crippen LogP contribution in [-0.2, 0) is 6.54 Å². The summed E-state index contributed by atoms with van der Waals surface area (Å²) < 4.78 is 13.9. The molecule has 0 spiro atoms. The average Bonchev–Trinajstić information content (AvgIpc) is 2.73. The number of H-pyrrole nitrogens is 1. The number of aromatic nitrogens is 4. The Hall–Kier alpha value is -2.07. The van der Waals surface area contributed by atoms with Gasteiger partial charge < -0.3 is 0 Å². The lowest BCUT2D eigenvalue weighted by Crippen LogP contribution is -2.31. The maximum absolute atomic E-state index is 13.0. The summed E-state index contributed by atoms with van der Waals surface area (Å²) in [5.74, 6) is 4.08. The lowest BCUT2D eigenvalue weighted by molar-refractivity contribution is 0.565. The van der Waals surface area contributed by atoms with Crippen LogP contribution in [0, 0.1) is 5.82 Å². The molecule has 0 fully saturated rings. The number of rotatable bonds is 3. The molecule has 0 aliphatic rings. The quantitative estimate of drug-likeness (QED) is 0.473. The molecule has 10 heteroatoms. The molecule has 0 aromatic carbocycles. The van der Waals surface area contributed by atoms with Crippen LogP contribution in [0.4, 0.5) is 9.52 Å². The molecule has 2 aromatic rings. The maximum atomic E-state index is 13.0. The van der Waals surface area contributed by atoms with Crippen molar-refractivity contribution in [3.63, 3.8) is 0 Å². The number of aromatic amines is 1. The van der Waals surface area contributed by atoms with Crippen LogP contribution < -0.4 is 22.5 Å². The van der Waals surface area contributed by atoms with Crippen LogP contribution in [0.5, 0.6) is 0 Å². The van der Waals surface area contributed by atoms with Crippen molar-refractivity contribution in [3.8, 4) is 0 Å². The number of hydrogen-bond donors (Lipinski definition) is 3. The Morgan fingerprint density at radius 3 is 2.94 bits per heavy atom. The fourth-order valence-corrected chi connectivity index (χ4v) is 1.77. The number of hydrogen-bond acceptors (Lipinski definition) is 7. The van der Waals surface area contributed by atoms with Crippen LogP contribution in [0.25, 0.3) is 0 Å². The van der Waals surface area contributed by atoms with E-state index in [4.69, 9.17) is 5.84 Å². The van der Waals surface area contributed by atoms with Crippen molar-refractivity contribution in [2.75, 3.05) is 5.43 Å². The molecule has 2 heterocycles. The zero-order valence-electron chi connectivity index (χ0n) is 8.31. The van der Waals surface area contributed by atoms with E-state index in [1.807, 2.05) is 4.98 Å². The topological polar surface area (TPSA) is 119 Å². The van der Waals surface area contributed by atoms with Gasteiger partial charge in [-0.1, -0.05) is 11.3 Å². The summed E-state index contributed by atoms with van der Waals surface area (Å²) in [7, 11) is 0. The van der Waals surface area contributed by atoms with E-state index < -0.39 is 17.1 Å². The standard InChI is InChI=1S/C7H7FN6O2S/c8-3-1-14(7(16)10-5(3)15)2-4-12-13-6(11-9)17-4/h1H,2,9H2,(H,11,13)(H,10,15,16). The van der Waals surface area contributed by atoms with Crippen LogP contribution in [-0.4, -0.2) is 19.7 Å². The van der Waals surface area contributed by atoms with Gasteiger partial charge in [-0.3, -0.25) is 19.8 Å². The Kier molecular flexibility index (Phi) is 2.97. The van der Waals surface area contributed by atoms with Crippen LogP contribution in [0.15, 0.2) is 15.8 Å². The van der Waals surface area contributed by atoms with Gasteiger partial charge in [0.2, 0.25) is 10.9 Å². The van der Waals surface area contributed by atoms with Crippen molar-refractivity contribution in [2.45, 2.75) is 6.54 Å². The van der Waals surface area contributed by atoms with E-state index in [1.54, 1.807) is 0 Å². The summed E-state index contributed by atoms with van der Waals surface area (Å²) in [5.41, 5.74) is 0.532. The number of anilines is 1. The Morgan fingerprint density at radius 1 is 1.53 bits per heavy atom. The Bertz CT molecular complexity index is 646. The number of halogens is 1. The van der Waals surface area contributed by atoms with Gasteiger partial charge in [-0.25, -0.2) is 10.6 Å². The summed E-state index contributed by atoms with van der Waals surface area (Å²) in [5, 5.41) is 8.20. The number of nitrogens with two attached hydrogens (primary N) is 1. The van der Waals surface area contributed by atoms with Gasteiger partial charge in [0.05, 0.1) is 12.7 Å². The highest BCUT2D eigenvalue weighted by molar-refractivity contribution is 7.15.